The number of aromatic nitrogens is 1. The Labute approximate surface area is 99.8 Å². The van der Waals surface area contributed by atoms with Gasteiger partial charge in [-0.15, -0.1) is 0 Å². The number of halogens is 2. The summed E-state index contributed by atoms with van der Waals surface area (Å²) in [6, 6.07) is 2.32. The summed E-state index contributed by atoms with van der Waals surface area (Å²) in [4.78, 5) is 2.88. The van der Waals surface area contributed by atoms with Gasteiger partial charge in [0.05, 0.1) is 5.52 Å². The van der Waals surface area contributed by atoms with Crippen molar-refractivity contribution >= 4 is 10.9 Å². The molecule has 0 aliphatic rings. The zero-order valence-electron chi connectivity index (χ0n) is 10.0. The van der Waals surface area contributed by atoms with Crippen LogP contribution >= 0.6 is 0 Å². The predicted octanol–water partition coefficient (Wildman–Crippen LogP) is 4.57. The summed E-state index contributed by atoms with van der Waals surface area (Å²) in [7, 11) is 0. The van der Waals surface area contributed by atoms with Gasteiger partial charge in [0.25, 0.3) is 0 Å². The smallest absolute Gasteiger partial charge is 0.150 e. The summed E-state index contributed by atoms with van der Waals surface area (Å²) in [6.45, 7) is 2.16. The quantitative estimate of drug-likeness (QED) is 0.733. The van der Waals surface area contributed by atoms with Gasteiger partial charge in [-0.3, -0.25) is 0 Å². The first-order valence-corrected chi connectivity index (χ1v) is 6.17. The van der Waals surface area contributed by atoms with E-state index in [2.05, 4.69) is 11.9 Å². The molecule has 0 bridgehead atoms. The van der Waals surface area contributed by atoms with Gasteiger partial charge in [0.1, 0.15) is 11.6 Å². The number of benzene rings is 1. The molecule has 17 heavy (non-hydrogen) atoms. The van der Waals surface area contributed by atoms with Gasteiger partial charge in [-0.2, -0.15) is 0 Å². The molecule has 1 nitrogen and oxygen atoms in total. The lowest BCUT2D eigenvalue weighted by Crippen LogP contribution is -1.86. The Bertz CT molecular complexity index is 502. The molecule has 92 valence electrons. The van der Waals surface area contributed by atoms with E-state index in [1.807, 2.05) is 0 Å². The monoisotopic (exact) mass is 237 g/mol. The topological polar surface area (TPSA) is 15.8 Å². The summed E-state index contributed by atoms with van der Waals surface area (Å²) in [6.07, 6.45) is 7.31. The highest BCUT2D eigenvalue weighted by Gasteiger charge is 2.09. The third kappa shape index (κ3) is 2.65. The standard InChI is InChI=1S/C14H17F2N/c1-2-3-4-5-6-10-9-17-14-12(10)7-11(15)8-13(14)16/h7-9,17H,2-6H2,1H3. The molecule has 1 aromatic heterocycles. The van der Waals surface area contributed by atoms with Crippen molar-refractivity contribution in [1.29, 1.82) is 0 Å². The van der Waals surface area contributed by atoms with Gasteiger partial charge in [-0.25, -0.2) is 8.78 Å². The van der Waals surface area contributed by atoms with Crippen LogP contribution in [0.4, 0.5) is 8.78 Å². The minimum atomic E-state index is -0.514. The van der Waals surface area contributed by atoms with Crippen LogP contribution in [-0.2, 0) is 6.42 Å². The van der Waals surface area contributed by atoms with Crippen molar-refractivity contribution < 1.29 is 8.78 Å². The zero-order valence-corrected chi connectivity index (χ0v) is 10.0. The van der Waals surface area contributed by atoms with Crippen molar-refractivity contribution in [2.24, 2.45) is 0 Å². The van der Waals surface area contributed by atoms with Crippen LogP contribution in [0.15, 0.2) is 18.3 Å². The van der Waals surface area contributed by atoms with E-state index < -0.39 is 11.6 Å². The molecule has 3 heteroatoms. The van der Waals surface area contributed by atoms with Gasteiger partial charge in [-0.1, -0.05) is 26.2 Å². The van der Waals surface area contributed by atoms with Crippen molar-refractivity contribution in [2.75, 3.05) is 0 Å². The number of H-pyrrole nitrogens is 1. The number of aromatic amines is 1. The average molecular weight is 237 g/mol. The molecule has 0 saturated heterocycles. The van der Waals surface area contributed by atoms with E-state index in [1.54, 1.807) is 6.20 Å². The summed E-state index contributed by atoms with van der Waals surface area (Å²) in [5.74, 6) is -1.02. The minimum absolute atomic E-state index is 0.414. The molecule has 0 aliphatic carbocycles. The Balaban J connectivity index is 2.18. The molecule has 2 rings (SSSR count). The highest BCUT2D eigenvalue weighted by atomic mass is 19.1. The molecule has 0 aliphatic heterocycles. The fraction of sp³-hybridized carbons (Fsp3) is 0.429. The highest BCUT2D eigenvalue weighted by molar-refractivity contribution is 5.83. The fourth-order valence-corrected chi connectivity index (χ4v) is 2.16. The Morgan fingerprint density at radius 1 is 1.12 bits per heavy atom. The van der Waals surface area contributed by atoms with Crippen molar-refractivity contribution in [3.63, 3.8) is 0 Å². The van der Waals surface area contributed by atoms with Crippen molar-refractivity contribution in [3.05, 3.63) is 35.5 Å². The van der Waals surface area contributed by atoms with Gasteiger partial charge in [0.15, 0.2) is 0 Å². The van der Waals surface area contributed by atoms with Crippen molar-refractivity contribution in [2.45, 2.75) is 39.0 Å². The number of nitrogens with one attached hydrogen (secondary N) is 1. The molecule has 1 aromatic carbocycles. The lowest BCUT2D eigenvalue weighted by atomic mass is 10.1. The number of hydrogen-bond donors (Lipinski definition) is 1. The maximum absolute atomic E-state index is 13.4. The lowest BCUT2D eigenvalue weighted by molar-refractivity contribution is 0.591. The maximum atomic E-state index is 13.4. The van der Waals surface area contributed by atoms with E-state index in [4.69, 9.17) is 0 Å². The Kier molecular flexibility index (Phi) is 3.77. The largest absolute Gasteiger partial charge is 0.359 e. The molecular weight excluding hydrogens is 220 g/mol. The van der Waals surface area contributed by atoms with Crippen LogP contribution in [0.1, 0.15) is 38.2 Å². The van der Waals surface area contributed by atoms with Crippen LogP contribution in [0.25, 0.3) is 10.9 Å². The second-order valence-corrected chi connectivity index (χ2v) is 4.43. The molecule has 0 unspecified atom stereocenters. The van der Waals surface area contributed by atoms with Crippen LogP contribution in [0.3, 0.4) is 0 Å². The molecule has 0 atom stereocenters. The predicted molar refractivity (Wildman–Crippen MR) is 66.1 cm³/mol. The normalized spacial score (nSPS) is 11.2. The van der Waals surface area contributed by atoms with Gasteiger partial charge in [0.2, 0.25) is 0 Å². The van der Waals surface area contributed by atoms with E-state index in [-0.39, 0.29) is 0 Å². The van der Waals surface area contributed by atoms with Crippen LogP contribution in [0, 0.1) is 11.6 Å². The van der Waals surface area contributed by atoms with Crippen molar-refractivity contribution in [1.82, 2.24) is 4.98 Å². The number of aryl methyl sites for hydroxylation is 1. The summed E-state index contributed by atoms with van der Waals surface area (Å²) in [5.41, 5.74) is 1.42. The molecule has 1 heterocycles. The number of hydrogen-bond acceptors (Lipinski definition) is 0. The van der Waals surface area contributed by atoms with Crippen LogP contribution in [-0.4, -0.2) is 4.98 Å². The second kappa shape index (κ2) is 5.30. The van der Waals surface area contributed by atoms with Crippen LogP contribution in [0.5, 0.6) is 0 Å². The third-order valence-corrected chi connectivity index (χ3v) is 3.09. The van der Waals surface area contributed by atoms with E-state index in [1.165, 1.54) is 25.3 Å². The molecule has 0 spiro atoms. The molecule has 0 amide bonds. The number of rotatable bonds is 5. The molecular formula is C14H17F2N. The summed E-state index contributed by atoms with van der Waals surface area (Å²) < 4.78 is 26.6. The molecule has 1 N–H and O–H groups in total. The molecule has 0 radical (unpaired) electrons. The van der Waals surface area contributed by atoms with E-state index in [0.717, 1.165) is 24.5 Å². The Morgan fingerprint density at radius 3 is 2.71 bits per heavy atom. The second-order valence-electron chi connectivity index (χ2n) is 4.43. The summed E-state index contributed by atoms with van der Waals surface area (Å²) in [5, 5.41) is 0.680. The number of unbranched alkanes of at least 4 members (excludes halogenated alkanes) is 3. The highest BCUT2D eigenvalue weighted by Crippen LogP contribution is 2.23. The van der Waals surface area contributed by atoms with Gasteiger partial charge in [-0.05, 0) is 24.5 Å². The van der Waals surface area contributed by atoms with Gasteiger partial charge in [0, 0.05) is 17.6 Å². The maximum Gasteiger partial charge on any atom is 0.150 e. The van der Waals surface area contributed by atoms with Crippen LogP contribution < -0.4 is 0 Å². The number of fused-ring (bicyclic) bond motifs is 1. The van der Waals surface area contributed by atoms with Crippen LogP contribution in [0.2, 0.25) is 0 Å². The zero-order chi connectivity index (χ0) is 12.3. The molecule has 0 fully saturated rings. The fourth-order valence-electron chi connectivity index (χ4n) is 2.16. The van der Waals surface area contributed by atoms with Crippen molar-refractivity contribution in [3.8, 4) is 0 Å². The van der Waals surface area contributed by atoms with Gasteiger partial charge >= 0.3 is 0 Å². The molecule has 0 saturated carbocycles. The van der Waals surface area contributed by atoms with E-state index >= 15 is 0 Å². The lowest BCUT2D eigenvalue weighted by Gasteiger charge is -2.00. The van der Waals surface area contributed by atoms with E-state index in [0.29, 0.717) is 10.9 Å². The Morgan fingerprint density at radius 2 is 1.94 bits per heavy atom. The first-order chi connectivity index (χ1) is 8.22. The third-order valence-electron chi connectivity index (χ3n) is 3.09. The minimum Gasteiger partial charge on any atom is -0.359 e. The van der Waals surface area contributed by atoms with Gasteiger partial charge < -0.3 is 4.98 Å². The summed E-state index contributed by atoms with van der Waals surface area (Å²) >= 11 is 0. The first-order valence-electron chi connectivity index (χ1n) is 6.17. The average Bonchev–Trinajstić information content (AvgIpc) is 2.68. The Hall–Kier alpha value is -1.38. The molecule has 2 aromatic rings. The SMILES string of the molecule is CCCCCCc1c[nH]c2c(F)cc(F)cc12. The van der Waals surface area contributed by atoms with E-state index in [9.17, 15) is 8.78 Å². The first kappa shape index (κ1) is 12.1.